The van der Waals surface area contributed by atoms with Crippen LogP contribution in [0.5, 0.6) is 0 Å². The van der Waals surface area contributed by atoms with Gasteiger partial charge in [0, 0.05) is 13.1 Å². The number of hydrogen-bond acceptors (Lipinski definition) is 9. The summed E-state index contributed by atoms with van der Waals surface area (Å²) in [5.74, 6) is -1.48. The zero-order valence-electron chi connectivity index (χ0n) is 24.2. The predicted octanol–water partition coefficient (Wildman–Crippen LogP) is 1.63. The highest BCUT2D eigenvalue weighted by Gasteiger charge is 2.38. The molecule has 1 saturated heterocycles. The maximum atomic E-state index is 13.7. The van der Waals surface area contributed by atoms with Crippen molar-refractivity contribution in [2.24, 2.45) is 16.5 Å². The van der Waals surface area contributed by atoms with E-state index >= 15 is 0 Å². The number of methoxy groups -OCH3 is 1. The van der Waals surface area contributed by atoms with Crippen LogP contribution in [-0.4, -0.2) is 84.8 Å². The van der Waals surface area contributed by atoms with Gasteiger partial charge in [-0.05, 0) is 62.9 Å². The van der Waals surface area contributed by atoms with Crippen molar-refractivity contribution in [3.05, 3.63) is 64.7 Å². The SMILES string of the molecule is CN[C@H](Cc1ccccc1)C(=O)N1CCC[C@H]1C(=O)N[C@@H](CCCN=C(N)N)C(=O)c1nc2ccc(C(=O)OC)cc2s1. The molecule has 228 valence electrons. The maximum Gasteiger partial charge on any atom is 0.337 e. The summed E-state index contributed by atoms with van der Waals surface area (Å²) in [5, 5.41) is 6.19. The van der Waals surface area contributed by atoms with Gasteiger partial charge in [-0.15, -0.1) is 11.3 Å². The number of nitrogens with one attached hydrogen (secondary N) is 2. The van der Waals surface area contributed by atoms with Crippen molar-refractivity contribution >= 4 is 51.1 Å². The van der Waals surface area contributed by atoms with Crippen LogP contribution in [0.15, 0.2) is 53.5 Å². The van der Waals surface area contributed by atoms with Crippen LogP contribution in [0.1, 0.15) is 51.4 Å². The maximum absolute atomic E-state index is 13.7. The van der Waals surface area contributed by atoms with E-state index in [-0.39, 0.29) is 35.6 Å². The van der Waals surface area contributed by atoms with E-state index in [1.165, 1.54) is 7.11 Å². The summed E-state index contributed by atoms with van der Waals surface area (Å²) in [4.78, 5) is 62.9. The molecule has 3 aromatic rings. The number of hydrogen-bond donors (Lipinski definition) is 4. The zero-order valence-corrected chi connectivity index (χ0v) is 25.1. The van der Waals surface area contributed by atoms with Gasteiger partial charge in [-0.1, -0.05) is 30.3 Å². The van der Waals surface area contributed by atoms with Crippen LogP contribution in [0.25, 0.3) is 10.2 Å². The predicted molar refractivity (Wildman–Crippen MR) is 165 cm³/mol. The van der Waals surface area contributed by atoms with Crippen LogP contribution < -0.4 is 22.1 Å². The minimum atomic E-state index is -0.913. The fourth-order valence-corrected chi connectivity index (χ4v) is 6.13. The van der Waals surface area contributed by atoms with E-state index in [9.17, 15) is 19.2 Å². The Morgan fingerprint density at radius 1 is 1.14 bits per heavy atom. The number of guanidine groups is 1. The van der Waals surface area contributed by atoms with E-state index in [1.807, 2.05) is 30.3 Å². The summed E-state index contributed by atoms with van der Waals surface area (Å²) in [7, 11) is 3.03. The molecule has 12 nitrogen and oxygen atoms in total. The number of carbonyl (C=O) groups is 4. The lowest BCUT2D eigenvalue weighted by Crippen LogP contribution is -2.54. The molecule has 43 heavy (non-hydrogen) atoms. The Balaban J connectivity index is 1.51. The van der Waals surface area contributed by atoms with Crippen molar-refractivity contribution in [2.45, 2.75) is 50.2 Å². The lowest BCUT2D eigenvalue weighted by atomic mass is 10.0. The van der Waals surface area contributed by atoms with Gasteiger partial charge in [0.05, 0.1) is 35.0 Å². The summed E-state index contributed by atoms with van der Waals surface area (Å²) in [6, 6.07) is 12.4. The third-order valence-corrected chi connectivity index (χ3v) is 8.40. The summed E-state index contributed by atoms with van der Waals surface area (Å²) in [6.07, 6.45) is 2.35. The van der Waals surface area contributed by atoms with Gasteiger partial charge in [-0.2, -0.15) is 0 Å². The molecule has 1 aliphatic rings. The van der Waals surface area contributed by atoms with E-state index in [4.69, 9.17) is 16.2 Å². The normalized spacial score (nSPS) is 16.0. The Kier molecular flexibility index (Phi) is 10.8. The van der Waals surface area contributed by atoms with Gasteiger partial charge in [0.2, 0.25) is 17.6 Å². The second-order valence-corrected chi connectivity index (χ2v) is 11.3. The number of amides is 2. The molecule has 0 spiro atoms. The Labute approximate surface area is 253 Å². The zero-order chi connectivity index (χ0) is 30.9. The summed E-state index contributed by atoms with van der Waals surface area (Å²) < 4.78 is 5.43. The van der Waals surface area contributed by atoms with Gasteiger partial charge < -0.3 is 31.7 Å². The van der Waals surface area contributed by atoms with E-state index in [1.54, 1.807) is 30.1 Å². The molecule has 0 aliphatic carbocycles. The smallest absolute Gasteiger partial charge is 0.337 e. The number of aromatic nitrogens is 1. The molecule has 0 bridgehead atoms. The van der Waals surface area contributed by atoms with E-state index < -0.39 is 30.0 Å². The monoisotopic (exact) mass is 607 g/mol. The van der Waals surface area contributed by atoms with E-state index in [0.717, 1.165) is 16.9 Å². The largest absolute Gasteiger partial charge is 0.465 e. The number of Topliss-reactive ketones (excluding diaryl/α,β-unsaturated/α-hetero) is 1. The molecular weight excluding hydrogens is 570 g/mol. The summed E-state index contributed by atoms with van der Waals surface area (Å²) in [5.41, 5.74) is 12.8. The first-order chi connectivity index (χ1) is 20.7. The molecule has 0 unspecified atom stereocenters. The number of fused-ring (bicyclic) bond motifs is 1. The highest BCUT2D eigenvalue weighted by atomic mass is 32.1. The van der Waals surface area contributed by atoms with Gasteiger partial charge in [0.25, 0.3) is 0 Å². The molecule has 2 amide bonds. The number of likely N-dealkylation sites (tertiary alicyclic amines) is 1. The third kappa shape index (κ3) is 7.93. The molecule has 1 fully saturated rings. The van der Waals surface area contributed by atoms with Crippen LogP contribution in [0, 0.1) is 0 Å². The number of ketones is 1. The highest BCUT2D eigenvalue weighted by molar-refractivity contribution is 7.20. The van der Waals surface area contributed by atoms with Crippen molar-refractivity contribution in [1.82, 2.24) is 20.5 Å². The first-order valence-corrected chi connectivity index (χ1v) is 14.9. The molecule has 2 heterocycles. The van der Waals surface area contributed by atoms with Gasteiger partial charge >= 0.3 is 5.97 Å². The van der Waals surface area contributed by atoms with Crippen LogP contribution in [0.4, 0.5) is 0 Å². The number of esters is 1. The number of carbonyl (C=O) groups excluding carboxylic acids is 4. The lowest BCUT2D eigenvalue weighted by molar-refractivity contribution is -0.140. The van der Waals surface area contributed by atoms with Crippen molar-refractivity contribution in [1.29, 1.82) is 0 Å². The van der Waals surface area contributed by atoms with Gasteiger partial charge in [0.15, 0.2) is 11.0 Å². The standard InChI is InChI=1S/C30H37N7O5S/c1-33-22(16-18-8-4-3-5-9-18)28(40)37-15-7-11-23(37)26(39)35-21(10-6-14-34-30(31)32)25(38)27-36-20-13-12-19(29(41)42-2)17-24(20)43-27/h3-5,8-9,12-13,17,21-23,33H,6-7,10-11,14-16H2,1-2H3,(H,35,39)(H4,31,32,34)/t21-,22+,23-/m0/s1. The fourth-order valence-electron chi connectivity index (χ4n) is 5.13. The molecule has 1 aliphatic heterocycles. The van der Waals surface area contributed by atoms with Gasteiger partial charge in [-0.3, -0.25) is 19.4 Å². The molecule has 4 rings (SSSR count). The Hall–Kier alpha value is -4.36. The minimum absolute atomic E-state index is 0.0609. The third-order valence-electron chi connectivity index (χ3n) is 7.37. The van der Waals surface area contributed by atoms with Crippen molar-refractivity contribution in [3.8, 4) is 0 Å². The topological polar surface area (TPSA) is 182 Å². The molecule has 0 saturated carbocycles. The Morgan fingerprint density at radius 3 is 2.60 bits per heavy atom. The van der Waals surface area contributed by atoms with E-state index in [2.05, 4.69) is 20.6 Å². The lowest BCUT2D eigenvalue weighted by Gasteiger charge is -2.29. The van der Waals surface area contributed by atoms with Crippen molar-refractivity contribution < 1.29 is 23.9 Å². The number of benzene rings is 2. The number of nitrogens with zero attached hydrogens (tertiary/aromatic N) is 3. The average molecular weight is 608 g/mol. The van der Waals surface area contributed by atoms with Gasteiger partial charge in [0.1, 0.15) is 6.04 Å². The van der Waals surface area contributed by atoms with Crippen LogP contribution in [0.3, 0.4) is 0 Å². The van der Waals surface area contributed by atoms with Crippen molar-refractivity contribution in [3.63, 3.8) is 0 Å². The molecule has 0 radical (unpaired) electrons. The number of likely N-dealkylation sites (N-methyl/N-ethyl adjacent to an activating group) is 1. The number of thiazole rings is 1. The van der Waals surface area contributed by atoms with Crippen LogP contribution in [-0.2, 0) is 20.7 Å². The molecule has 13 heteroatoms. The minimum Gasteiger partial charge on any atom is -0.465 e. The highest BCUT2D eigenvalue weighted by Crippen LogP contribution is 2.26. The molecule has 1 aromatic heterocycles. The first-order valence-electron chi connectivity index (χ1n) is 14.1. The quantitative estimate of drug-likeness (QED) is 0.0738. The van der Waals surface area contributed by atoms with Crippen LogP contribution in [0.2, 0.25) is 0 Å². The second-order valence-electron chi connectivity index (χ2n) is 10.3. The Bertz CT molecular complexity index is 1490. The first kappa shape index (κ1) is 31.6. The molecule has 3 atom stereocenters. The van der Waals surface area contributed by atoms with E-state index in [0.29, 0.717) is 48.0 Å². The second kappa shape index (κ2) is 14.7. The summed E-state index contributed by atoms with van der Waals surface area (Å²) >= 11 is 1.13. The van der Waals surface area contributed by atoms with Crippen LogP contribution >= 0.6 is 11.3 Å². The molecule has 2 aromatic carbocycles. The summed E-state index contributed by atoms with van der Waals surface area (Å²) in [6.45, 7) is 0.731. The number of ether oxygens (including phenoxy) is 1. The van der Waals surface area contributed by atoms with Gasteiger partial charge in [-0.25, -0.2) is 9.78 Å². The Morgan fingerprint density at radius 2 is 1.91 bits per heavy atom. The number of nitrogens with two attached hydrogens (primary N) is 2. The average Bonchev–Trinajstić information content (AvgIpc) is 3.68. The van der Waals surface area contributed by atoms with Crippen molar-refractivity contribution in [2.75, 3.05) is 27.2 Å². The molecular formula is C30H37N7O5S. The fraction of sp³-hybridized carbons (Fsp3) is 0.400. The number of aliphatic imine (C=N–C) groups is 1. The molecule has 6 N–H and O–H groups in total. The number of rotatable bonds is 13.